The number of amides is 1. The summed E-state index contributed by atoms with van der Waals surface area (Å²) in [4.78, 5) is 15.1. The summed E-state index contributed by atoms with van der Waals surface area (Å²) in [6.07, 6.45) is 4.68. The molecule has 1 amide bonds. The van der Waals surface area contributed by atoms with Crippen molar-refractivity contribution in [2.75, 3.05) is 26.2 Å². The Labute approximate surface area is 153 Å². The Bertz CT molecular complexity index is 737. The standard InChI is InChI=1S/C19H26ClN3O2/c1-19(2,17-14-8-6-9-15(20)16(14)25-22-17)18(24)21-10-4-3-5-11-23-12-7-13-23/h6,8-9H,3-5,7,10-13H2,1-2H3,(H,21,24). The third kappa shape index (κ3) is 3.98. The third-order valence-electron chi connectivity index (χ3n) is 5.00. The number of carbonyl (C=O) groups excluding carboxylic acids is 1. The maximum absolute atomic E-state index is 12.7. The molecule has 0 radical (unpaired) electrons. The molecule has 0 aliphatic carbocycles. The van der Waals surface area contributed by atoms with E-state index in [4.69, 9.17) is 16.1 Å². The predicted octanol–water partition coefficient (Wildman–Crippen LogP) is 3.75. The smallest absolute Gasteiger partial charge is 0.231 e. The third-order valence-corrected chi connectivity index (χ3v) is 5.29. The Hall–Kier alpha value is -1.59. The average molecular weight is 364 g/mol. The first-order chi connectivity index (χ1) is 12.0. The molecular weight excluding hydrogens is 338 g/mol. The van der Waals surface area contributed by atoms with Gasteiger partial charge in [-0.2, -0.15) is 0 Å². The molecule has 25 heavy (non-hydrogen) atoms. The van der Waals surface area contributed by atoms with Crippen LogP contribution >= 0.6 is 11.6 Å². The van der Waals surface area contributed by atoms with Crippen LogP contribution in [0.15, 0.2) is 22.7 Å². The number of hydrogen-bond donors (Lipinski definition) is 1. The predicted molar refractivity (Wildman–Crippen MR) is 100.0 cm³/mol. The normalized spacial score (nSPS) is 15.3. The van der Waals surface area contributed by atoms with Gasteiger partial charge in [0.25, 0.3) is 0 Å². The van der Waals surface area contributed by atoms with E-state index in [9.17, 15) is 4.79 Å². The van der Waals surface area contributed by atoms with Gasteiger partial charge in [-0.15, -0.1) is 0 Å². The molecule has 136 valence electrons. The van der Waals surface area contributed by atoms with E-state index < -0.39 is 5.41 Å². The first-order valence-electron chi connectivity index (χ1n) is 9.05. The molecule has 0 unspecified atom stereocenters. The minimum absolute atomic E-state index is 0.0366. The summed E-state index contributed by atoms with van der Waals surface area (Å²) in [5.74, 6) is -0.0366. The second kappa shape index (κ2) is 7.75. The highest BCUT2D eigenvalue weighted by atomic mass is 35.5. The molecule has 3 rings (SSSR count). The zero-order valence-corrected chi connectivity index (χ0v) is 15.7. The number of benzene rings is 1. The molecule has 2 heterocycles. The van der Waals surface area contributed by atoms with Crippen molar-refractivity contribution >= 4 is 28.5 Å². The van der Waals surface area contributed by atoms with Gasteiger partial charge >= 0.3 is 0 Å². The number of carbonyl (C=O) groups is 1. The summed E-state index contributed by atoms with van der Waals surface area (Å²) in [5.41, 5.74) is 0.388. The Kier molecular flexibility index (Phi) is 5.64. The largest absolute Gasteiger partial charge is 0.355 e. The van der Waals surface area contributed by atoms with Crippen molar-refractivity contribution < 1.29 is 9.32 Å². The molecule has 6 heteroatoms. The van der Waals surface area contributed by atoms with Crippen LogP contribution in [0.25, 0.3) is 11.0 Å². The van der Waals surface area contributed by atoms with Crippen molar-refractivity contribution in [3.63, 3.8) is 0 Å². The Morgan fingerprint density at radius 2 is 2.12 bits per heavy atom. The molecule has 1 aromatic heterocycles. The van der Waals surface area contributed by atoms with Crippen molar-refractivity contribution in [2.24, 2.45) is 0 Å². The van der Waals surface area contributed by atoms with E-state index in [2.05, 4.69) is 15.4 Å². The Balaban J connectivity index is 1.52. The van der Waals surface area contributed by atoms with Crippen LogP contribution < -0.4 is 5.32 Å². The molecule has 1 saturated heterocycles. The van der Waals surface area contributed by atoms with Crippen LogP contribution in [0.4, 0.5) is 0 Å². The molecule has 2 aromatic rings. The maximum atomic E-state index is 12.7. The lowest BCUT2D eigenvalue weighted by Crippen LogP contribution is -2.41. The van der Waals surface area contributed by atoms with E-state index in [0.29, 0.717) is 22.8 Å². The fraction of sp³-hybridized carbons (Fsp3) is 0.579. The number of fused-ring (bicyclic) bond motifs is 1. The van der Waals surface area contributed by atoms with Gasteiger partial charge in [-0.25, -0.2) is 0 Å². The van der Waals surface area contributed by atoms with Crippen LogP contribution in [0.5, 0.6) is 0 Å². The summed E-state index contributed by atoms with van der Waals surface area (Å²) in [6.45, 7) is 8.11. The topological polar surface area (TPSA) is 58.4 Å². The number of para-hydroxylation sites is 1. The Morgan fingerprint density at radius 3 is 2.84 bits per heavy atom. The lowest BCUT2D eigenvalue weighted by molar-refractivity contribution is -0.125. The van der Waals surface area contributed by atoms with E-state index in [1.54, 1.807) is 6.07 Å². The summed E-state index contributed by atoms with van der Waals surface area (Å²) in [7, 11) is 0. The molecule has 1 aliphatic rings. The van der Waals surface area contributed by atoms with E-state index in [1.165, 1.54) is 32.5 Å². The number of nitrogens with one attached hydrogen (secondary N) is 1. The first kappa shape index (κ1) is 18.2. The Morgan fingerprint density at radius 1 is 1.32 bits per heavy atom. The van der Waals surface area contributed by atoms with Crippen molar-refractivity contribution in [1.29, 1.82) is 0 Å². The molecule has 1 N–H and O–H groups in total. The molecule has 1 fully saturated rings. The van der Waals surface area contributed by atoms with Crippen LogP contribution in [0.1, 0.15) is 45.2 Å². The maximum Gasteiger partial charge on any atom is 0.231 e. The quantitative estimate of drug-likeness (QED) is 0.725. The number of aromatic nitrogens is 1. The van der Waals surface area contributed by atoms with Gasteiger partial charge in [-0.3, -0.25) is 4.79 Å². The minimum Gasteiger partial charge on any atom is -0.355 e. The molecule has 1 aromatic carbocycles. The zero-order valence-electron chi connectivity index (χ0n) is 15.0. The van der Waals surface area contributed by atoms with E-state index in [0.717, 1.165) is 18.2 Å². The van der Waals surface area contributed by atoms with Crippen molar-refractivity contribution in [3.05, 3.63) is 28.9 Å². The number of unbranched alkanes of at least 4 members (excludes halogenated alkanes) is 2. The number of nitrogens with zero attached hydrogens (tertiary/aromatic N) is 2. The van der Waals surface area contributed by atoms with Gasteiger partial charge in [0.05, 0.1) is 10.4 Å². The first-order valence-corrected chi connectivity index (χ1v) is 9.43. The summed E-state index contributed by atoms with van der Waals surface area (Å²) in [5, 5.41) is 8.46. The van der Waals surface area contributed by atoms with Crippen molar-refractivity contribution in [1.82, 2.24) is 15.4 Å². The van der Waals surface area contributed by atoms with E-state index in [-0.39, 0.29) is 5.91 Å². The lowest BCUT2D eigenvalue weighted by atomic mass is 9.86. The molecule has 0 bridgehead atoms. The number of rotatable bonds is 8. The van der Waals surface area contributed by atoms with Crippen LogP contribution in [0.2, 0.25) is 5.02 Å². The zero-order chi connectivity index (χ0) is 17.9. The average Bonchev–Trinajstić information content (AvgIpc) is 2.98. The molecular formula is C19H26ClN3O2. The van der Waals surface area contributed by atoms with Gasteiger partial charge in [0.2, 0.25) is 5.91 Å². The minimum atomic E-state index is -0.770. The van der Waals surface area contributed by atoms with Crippen LogP contribution in [-0.4, -0.2) is 42.1 Å². The van der Waals surface area contributed by atoms with Gasteiger partial charge in [0.15, 0.2) is 5.58 Å². The highest BCUT2D eigenvalue weighted by Crippen LogP contribution is 2.33. The second-order valence-electron chi connectivity index (χ2n) is 7.28. The summed E-state index contributed by atoms with van der Waals surface area (Å²) < 4.78 is 5.35. The highest BCUT2D eigenvalue weighted by molar-refractivity contribution is 6.34. The SMILES string of the molecule is CC(C)(C(=O)NCCCCCN1CCC1)c1noc2c(Cl)cccc12. The van der Waals surface area contributed by atoms with Gasteiger partial charge in [-0.05, 0) is 64.9 Å². The van der Waals surface area contributed by atoms with Crippen LogP contribution in [0, 0.1) is 0 Å². The van der Waals surface area contributed by atoms with Gasteiger partial charge in [0.1, 0.15) is 5.69 Å². The molecule has 1 aliphatic heterocycles. The molecule has 0 spiro atoms. The lowest BCUT2D eigenvalue weighted by Gasteiger charge is -2.30. The van der Waals surface area contributed by atoms with Crippen molar-refractivity contribution in [3.8, 4) is 0 Å². The van der Waals surface area contributed by atoms with E-state index in [1.807, 2.05) is 26.0 Å². The van der Waals surface area contributed by atoms with E-state index >= 15 is 0 Å². The summed E-state index contributed by atoms with van der Waals surface area (Å²) >= 11 is 6.13. The number of halogens is 1. The summed E-state index contributed by atoms with van der Waals surface area (Å²) in [6, 6.07) is 5.49. The van der Waals surface area contributed by atoms with Gasteiger partial charge in [0, 0.05) is 11.9 Å². The monoisotopic (exact) mass is 363 g/mol. The number of hydrogen-bond acceptors (Lipinski definition) is 4. The fourth-order valence-corrected chi connectivity index (χ4v) is 3.36. The van der Waals surface area contributed by atoms with Crippen LogP contribution in [-0.2, 0) is 10.2 Å². The molecule has 0 atom stereocenters. The van der Waals surface area contributed by atoms with Crippen LogP contribution in [0.3, 0.4) is 0 Å². The fourth-order valence-electron chi connectivity index (χ4n) is 3.15. The molecule has 5 nitrogen and oxygen atoms in total. The van der Waals surface area contributed by atoms with Crippen molar-refractivity contribution in [2.45, 2.75) is 44.9 Å². The number of likely N-dealkylation sites (tertiary alicyclic amines) is 1. The van der Waals surface area contributed by atoms with Gasteiger partial charge in [-0.1, -0.05) is 29.2 Å². The highest BCUT2D eigenvalue weighted by Gasteiger charge is 2.35. The second-order valence-corrected chi connectivity index (χ2v) is 7.69. The molecule has 0 saturated carbocycles. The van der Waals surface area contributed by atoms with Gasteiger partial charge < -0.3 is 14.7 Å².